The molecule has 5 aromatic rings. The molecule has 1 fully saturated rings. The standard InChI is InChI=1S/C65H79BN3/c1-39(2)32-48-52(64(13,14)31-30-60(48,5)6)38-69-54-25-23-43-42-20-18-19-21-46(42)65(15,16)56(43)58(54)66-57-45(33-41(67-17)35-55(57)69)44-36-50-51(63(11,12)29-28-62(50,9)10)37-53(44)68-40-22-24-47-49(34-40)61(7,8)27-26-59(47,3)4/h18-25,32-38,67-68H,1,26-31H2,2-17H3/b48-32?,52-38+. The minimum absolute atomic E-state index is 0.000634. The molecular formula is C65H79BN3. The fourth-order valence-electron chi connectivity index (χ4n) is 13.3. The SMILES string of the molecule is C=C(C)C=C1/C(=C\N2c3cc(NC)cc(-c4cc5c(cc4Nc4ccc6c(c4)C(C)(C)CCC6(C)C)C(C)(C)CCC5(C)C)c3[B]c3c2ccc2c3C(C)(C)c3ccccc3-2)C(C)(C)CCC1(C)C. The first-order valence-electron chi connectivity index (χ1n) is 26.2. The third-order valence-corrected chi connectivity index (χ3v) is 18.2. The molecule has 0 unspecified atom stereocenters. The topological polar surface area (TPSA) is 27.3 Å². The van der Waals surface area contributed by atoms with Gasteiger partial charge in [0.25, 0.3) is 0 Å². The number of nitrogens with zero attached hydrogens (tertiary/aromatic N) is 1. The summed E-state index contributed by atoms with van der Waals surface area (Å²) in [7, 11) is 4.65. The lowest BCUT2D eigenvalue weighted by atomic mass is 9.54. The maximum absolute atomic E-state index is 4.44. The number of benzene rings is 5. The van der Waals surface area contributed by atoms with Gasteiger partial charge in [-0.1, -0.05) is 157 Å². The van der Waals surface area contributed by atoms with Crippen LogP contribution in [0.1, 0.15) is 176 Å². The average Bonchev–Trinajstić information content (AvgIpc) is 3.52. The molecule has 69 heavy (non-hydrogen) atoms. The van der Waals surface area contributed by atoms with E-state index in [1.807, 2.05) is 0 Å². The quantitative estimate of drug-likeness (QED) is 0.166. The Morgan fingerprint density at radius 2 is 1.10 bits per heavy atom. The first kappa shape index (κ1) is 47.5. The molecule has 3 nitrogen and oxygen atoms in total. The Kier molecular flexibility index (Phi) is 10.8. The molecule has 1 aliphatic heterocycles. The minimum atomic E-state index is -0.199. The van der Waals surface area contributed by atoms with Crippen LogP contribution in [0.3, 0.4) is 0 Å². The maximum atomic E-state index is 4.44. The van der Waals surface area contributed by atoms with E-state index in [-0.39, 0.29) is 37.9 Å². The monoisotopic (exact) mass is 913 g/mol. The van der Waals surface area contributed by atoms with E-state index in [4.69, 9.17) is 0 Å². The van der Waals surface area contributed by atoms with Crippen LogP contribution in [-0.4, -0.2) is 14.3 Å². The summed E-state index contributed by atoms with van der Waals surface area (Å²) < 4.78 is 0. The lowest BCUT2D eigenvalue weighted by Crippen LogP contribution is -2.45. The molecule has 5 aromatic carbocycles. The second kappa shape index (κ2) is 15.6. The third kappa shape index (κ3) is 7.59. The number of nitrogens with one attached hydrogen (secondary N) is 2. The molecule has 0 amide bonds. The van der Waals surface area contributed by atoms with Crippen LogP contribution in [0.25, 0.3) is 22.3 Å². The number of hydrogen-bond acceptors (Lipinski definition) is 3. The van der Waals surface area contributed by atoms with Gasteiger partial charge in [-0.25, -0.2) is 0 Å². The predicted octanol–water partition coefficient (Wildman–Crippen LogP) is 16.5. The van der Waals surface area contributed by atoms with Crippen LogP contribution in [-0.2, 0) is 27.1 Å². The van der Waals surface area contributed by atoms with Crippen LogP contribution in [0, 0.1) is 10.8 Å². The smallest absolute Gasteiger partial charge is 0.198 e. The number of hydrogen-bond donors (Lipinski definition) is 2. The molecular weight excluding hydrogens is 834 g/mol. The van der Waals surface area contributed by atoms with Gasteiger partial charge in [-0.15, -0.1) is 0 Å². The second-order valence-corrected chi connectivity index (χ2v) is 26.4. The van der Waals surface area contributed by atoms with Crippen LogP contribution in [0.4, 0.5) is 28.4 Å². The van der Waals surface area contributed by atoms with Gasteiger partial charge in [-0.3, -0.25) is 0 Å². The first-order chi connectivity index (χ1) is 32.2. The Morgan fingerprint density at radius 3 is 1.74 bits per heavy atom. The van der Waals surface area contributed by atoms with Gasteiger partial charge in [0.15, 0.2) is 7.28 Å². The first-order valence-corrected chi connectivity index (χ1v) is 26.2. The highest BCUT2D eigenvalue weighted by Crippen LogP contribution is 2.56. The summed E-state index contributed by atoms with van der Waals surface area (Å²) in [5.41, 5.74) is 26.2. The molecule has 1 saturated carbocycles. The summed E-state index contributed by atoms with van der Waals surface area (Å²) in [4.78, 5) is 2.59. The van der Waals surface area contributed by atoms with Crippen LogP contribution in [0.5, 0.6) is 0 Å². The van der Waals surface area contributed by atoms with Crippen molar-refractivity contribution in [3.8, 4) is 22.3 Å². The van der Waals surface area contributed by atoms with Gasteiger partial charge in [0.2, 0.25) is 0 Å². The zero-order chi connectivity index (χ0) is 49.6. The van der Waals surface area contributed by atoms with Gasteiger partial charge >= 0.3 is 0 Å². The maximum Gasteiger partial charge on any atom is 0.198 e. The van der Waals surface area contributed by atoms with E-state index < -0.39 is 0 Å². The van der Waals surface area contributed by atoms with Crippen molar-refractivity contribution in [1.82, 2.24) is 0 Å². The van der Waals surface area contributed by atoms with E-state index in [0.717, 1.165) is 42.6 Å². The number of rotatable bonds is 6. The van der Waals surface area contributed by atoms with Crippen LogP contribution >= 0.6 is 0 Å². The molecule has 1 radical (unpaired) electrons. The zero-order valence-electron chi connectivity index (χ0n) is 45.1. The van der Waals surface area contributed by atoms with Gasteiger partial charge in [-0.2, -0.15) is 0 Å². The molecule has 4 heteroatoms. The summed E-state index contributed by atoms with van der Waals surface area (Å²) in [6.07, 6.45) is 11.9. The molecule has 5 aliphatic rings. The van der Waals surface area contributed by atoms with Crippen molar-refractivity contribution < 1.29 is 0 Å². The lowest BCUT2D eigenvalue weighted by molar-refractivity contribution is 0.259. The van der Waals surface area contributed by atoms with E-state index in [9.17, 15) is 0 Å². The molecule has 0 bridgehead atoms. The zero-order valence-corrected chi connectivity index (χ0v) is 45.1. The average molecular weight is 913 g/mol. The van der Waals surface area contributed by atoms with Gasteiger partial charge in [0.05, 0.1) is 0 Å². The Bertz CT molecular complexity index is 3050. The number of fused-ring (bicyclic) bond motifs is 8. The molecule has 0 saturated heterocycles. The van der Waals surface area contributed by atoms with Gasteiger partial charge in [-0.05, 0) is 187 Å². The third-order valence-electron chi connectivity index (χ3n) is 18.2. The predicted molar refractivity (Wildman–Crippen MR) is 301 cm³/mol. The Labute approximate surface area is 417 Å². The van der Waals surface area contributed by atoms with E-state index >= 15 is 0 Å². The highest BCUT2D eigenvalue weighted by molar-refractivity contribution is 6.74. The summed E-state index contributed by atoms with van der Waals surface area (Å²) in [5.74, 6) is 0. The molecule has 1 heterocycles. The van der Waals surface area contributed by atoms with Crippen LogP contribution in [0.15, 0.2) is 114 Å². The Morgan fingerprint density at radius 1 is 0.522 bits per heavy atom. The number of anilines is 5. The van der Waals surface area contributed by atoms with E-state index in [1.165, 1.54) is 108 Å². The summed E-state index contributed by atoms with van der Waals surface area (Å²) >= 11 is 0. The highest BCUT2D eigenvalue weighted by Gasteiger charge is 2.45. The van der Waals surface area contributed by atoms with E-state index in [0.29, 0.717) is 0 Å². The van der Waals surface area contributed by atoms with Crippen molar-refractivity contribution in [1.29, 1.82) is 0 Å². The molecule has 2 N–H and O–H groups in total. The lowest BCUT2D eigenvalue weighted by Gasteiger charge is -2.46. The Hall–Kier alpha value is -5.22. The van der Waals surface area contributed by atoms with E-state index in [2.05, 4.69) is 231 Å². The normalized spacial score (nSPS) is 22.3. The second-order valence-electron chi connectivity index (χ2n) is 26.4. The summed E-state index contributed by atoms with van der Waals surface area (Å²) in [5, 5.41) is 7.85. The van der Waals surface area contributed by atoms with E-state index in [1.54, 1.807) is 0 Å². The van der Waals surface area contributed by atoms with Gasteiger partial charge < -0.3 is 15.5 Å². The molecule has 0 aromatic heterocycles. The molecule has 10 rings (SSSR count). The molecule has 0 atom stereocenters. The van der Waals surface area contributed by atoms with Gasteiger partial charge in [0.1, 0.15) is 0 Å². The van der Waals surface area contributed by atoms with Crippen molar-refractivity contribution in [3.05, 3.63) is 148 Å². The molecule has 0 spiro atoms. The largest absolute Gasteiger partial charge is 0.388 e. The van der Waals surface area contributed by atoms with Crippen molar-refractivity contribution in [2.45, 2.75) is 169 Å². The Balaban J connectivity index is 1.27. The molecule has 4 aliphatic carbocycles. The molecule has 357 valence electrons. The summed E-state index contributed by atoms with van der Waals surface area (Å²) in [6, 6.07) is 31.2. The number of allylic oxidation sites excluding steroid dienone is 4. The highest BCUT2D eigenvalue weighted by atomic mass is 15.1. The fourth-order valence-corrected chi connectivity index (χ4v) is 13.3. The van der Waals surface area contributed by atoms with Crippen molar-refractivity contribution in [2.24, 2.45) is 10.8 Å². The fraction of sp³-hybridized carbons (Fsp3) is 0.446. The van der Waals surface area contributed by atoms with Gasteiger partial charge in [0, 0.05) is 52.7 Å². The summed E-state index contributed by atoms with van der Waals surface area (Å²) in [6.45, 7) is 40.8. The van der Waals surface area contributed by atoms with Crippen LogP contribution in [0.2, 0.25) is 0 Å². The van der Waals surface area contributed by atoms with Crippen LogP contribution < -0.4 is 26.5 Å². The van der Waals surface area contributed by atoms with Crippen molar-refractivity contribution in [3.63, 3.8) is 0 Å². The minimum Gasteiger partial charge on any atom is -0.388 e. The van der Waals surface area contributed by atoms with Crippen molar-refractivity contribution >= 4 is 46.6 Å². The van der Waals surface area contributed by atoms with Crippen molar-refractivity contribution in [2.75, 3.05) is 22.6 Å².